The summed E-state index contributed by atoms with van der Waals surface area (Å²) in [5.74, 6) is 3.57. The molecular formula is C34H40N6O7S2. The Hall–Kier alpha value is -4.86. The van der Waals surface area contributed by atoms with Crippen molar-refractivity contribution >= 4 is 43.7 Å². The maximum atomic E-state index is 12.7. The summed E-state index contributed by atoms with van der Waals surface area (Å²) in [5, 5.41) is 0.859. The molecule has 6 aromatic rings. The largest absolute Gasteiger partial charge is 0.497 e. The van der Waals surface area contributed by atoms with Crippen LogP contribution in [0.4, 0.5) is 0 Å². The molecule has 0 amide bonds. The van der Waals surface area contributed by atoms with Gasteiger partial charge in [-0.25, -0.2) is 9.97 Å². The highest BCUT2D eigenvalue weighted by Crippen LogP contribution is 2.28. The smallest absolute Gasteiger partial charge is 0.197 e. The van der Waals surface area contributed by atoms with Crippen LogP contribution in [0.5, 0.6) is 23.0 Å². The molecule has 2 atom stereocenters. The first-order valence-electron chi connectivity index (χ1n) is 14.9. The second kappa shape index (κ2) is 16.0. The van der Waals surface area contributed by atoms with Crippen LogP contribution >= 0.6 is 0 Å². The van der Waals surface area contributed by atoms with Gasteiger partial charge in [0.15, 0.2) is 10.3 Å². The molecule has 2 aromatic carbocycles. The molecule has 0 spiro atoms. The maximum Gasteiger partial charge on any atom is 0.197 e. The summed E-state index contributed by atoms with van der Waals surface area (Å²) in [4.78, 5) is 23.8. The van der Waals surface area contributed by atoms with Crippen molar-refractivity contribution in [2.75, 3.05) is 28.4 Å². The van der Waals surface area contributed by atoms with Gasteiger partial charge in [0.25, 0.3) is 0 Å². The lowest BCUT2D eigenvalue weighted by Crippen LogP contribution is -2.05. The lowest BCUT2D eigenvalue weighted by atomic mass is 10.1. The zero-order chi connectivity index (χ0) is 34.5. The zero-order valence-electron chi connectivity index (χ0n) is 28.6. The van der Waals surface area contributed by atoms with Crippen LogP contribution in [0.1, 0.15) is 33.6 Å². The summed E-state index contributed by atoms with van der Waals surface area (Å²) in [6, 6.07) is 11.0. The van der Waals surface area contributed by atoms with Gasteiger partial charge < -0.3 is 34.4 Å². The molecule has 0 aliphatic rings. The van der Waals surface area contributed by atoms with Gasteiger partial charge >= 0.3 is 0 Å². The van der Waals surface area contributed by atoms with Crippen LogP contribution in [0.15, 0.2) is 59.1 Å². The lowest BCUT2D eigenvalue weighted by molar-refractivity contribution is 0.407. The number of pyridine rings is 2. The van der Waals surface area contributed by atoms with Crippen LogP contribution in [-0.4, -0.2) is 72.2 Å². The van der Waals surface area contributed by atoms with E-state index in [1.807, 2.05) is 64.1 Å². The van der Waals surface area contributed by atoms with Gasteiger partial charge in [-0.2, -0.15) is 0 Å². The van der Waals surface area contributed by atoms with E-state index in [2.05, 4.69) is 29.9 Å². The molecule has 260 valence electrons. The predicted octanol–water partition coefficient (Wildman–Crippen LogP) is 4.97. The second-order valence-corrected chi connectivity index (χ2v) is 13.7. The Morgan fingerprint density at radius 2 is 1.00 bits per heavy atom. The summed E-state index contributed by atoms with van der Waals surface area (Å²) in [5.41, 5.74) is 8.32. The fraction of sp³-hybridized carbons (Fsp3) is 0.294. The van der Waals surface area contributed by atoms with E-state index < -0.39 is 21.6 Å². The number of ether oxygens (including phenoxy) is 4. The Kier molecular flexibility index (Phi) is 12.1. The van der Waals surface area contributed by atoms with Gasteiger partial charge in [-0.05, 0) is 52.0 Å². The Labute approximate surface area is 289 Å². The van der Waals surface area contributed by atoms with Gasteiger partial charge in [0.1, 0.15) is 23.0 Å². The van der Waals surface area contributed by atoms with Gasteiger partial charge in [0.2, 0.25) is 0 Å². The zero-order valence-corrected chi connectivity index (χ0v) is 30.2. The van der Waals surface area contributed by atoms with Crippen molar-refractivity contribution in [2.45, 2.75) is 49.5 Å². The third-order valence-corrected chi connectivity index (χ3v) is 10.1. The number of fused-ring (bicyclic) bond motifs is 2. The topological polar surface area (TPSA) is 186 Å². The summed E-state index contributed by atoms with van der Waals surface area (Å²) >= 11 is 0. The molecule has 15 heteroatoms. The van der Waals surface area contributed by atoms with Crippen LogP contribution in [0.25, 0.3) is 22.1 Å². The third-order valence-electron chi connectivity index (χ3n) is 7.80. The molecule has 4 N–H and O–H groups in total. The molecule has 4 aromatic heterocycles. The minimum absolute atomic E-state index is 0. The first-order valence-corrected chi connectivity index (χ1v) is 17.5. The molecule has 49 heavy (non-hydrogen) atoms. The average Bonchev–Trinajstić information content (AvgIpc) is 3.72. The first-order chi connectivity index (χ1) is 23.1. The minimum atomic E-state index is -1.33. The van der Waals surface area contributed by atoms with Crippen molar-refractivity contribution in [1.82, 2.24) is 29.9 Å². The highest BCUT2D eigenvalue weighted by Gasteiger charge is 2.18. The molecule has 4 heterocycles. The highest BCUT2D eigenvalue weighted by atomic mass is 32.2. The maximum absolute atomic E-state index is 12.7. The molecule has 13 nitrogen and oxygen atoms in total. The number of imidazole rings is 2. The van der Waals surface area contributed by atoms with Crippen LogP contribution in [0.2, 0.25) is 0 Å². The number of H-pyrrole nitrogens is 2. The van der Waals surface area contributed by atoms with E-state index in [4.69, 9.17) is 18.9 Å². The number of aromatic nitrogens is 6. The molecule has 0 saturated heterocycles. The van der Waals surface area contributed by atoms with Gasteiger partial charge in [-0.3, -0.25) is 18.4 Å². The van der Waals surface area contributed by atoms with E-state index in [1.165, 1.54) is 0 Å². The Balaban J connectivity index is 0.000000216. The number of methoxy groups -OCH3 is 4. The van der Waals surface area contributed by atoms with Crippen LogP contribution in [-0.2, 0) is 33.1 Å². The molecule has 0 radical (unpaired) electrons. The van der Waals surface area contributed by atoms with E-state index in [9.17, 15) is 8.42 Å². The molecule has 0 fully saturated rings. The van der Waals surface area contributed by atoms with Crippen molar-refractivity contribution in [1.29, 1.82) is 0 Å². The molecule has 6 rings (SSSR count). The van der Waals surface area contributed by atoms with Crippen molar-refractivity contribution in [3.05, 3.63) is 82.4 Å². The molecule has 0 aliphatic carbocycles. The number of nitrogens with one attached hydrogen (secondary N) is 2. The van der Waals surface area contributed by atoms with E-state index in [-0.39, 0.29) is 17.0 Å². The highest BCUT2D eigenvalue weighted by molar-refractivity contribution is 7.84. The SMILES string of the molecule is COc1ccc2nc([S@@](=O)Cc3ncc(C)c(OC)c3C)[nH]c2c1.COc1ccc2nc([S@@](=O)Cc3ncc(C)c(OC)c3C)[nH]c2c1.O. The summed E-state index contributed by atoms with van der Waals surface area (Å²) in [6.07, 6.45) is 3.48. The Morgan fingerprint density at radius 1 is 0.612 bits per heavy atom. The van der Waals surface area contributed by atoms with E-state index in [1.54, 1.807) is 40.8 Å². The quantitative estimate of drug-likeness (QED) is 0.197. The number of rotatable bonds is 10. The second-order valence-electron chi connectivity index (χ2n) is 10.9. The third kappa shape index (κ3) is 8.07. The Morgan fingerprint density at radius 3 is 1.35 bits per heavy atom. The number of hydrogen-bond donors (Lipinski definition) is 2. The van der Waals surface area contributed by atoms with E-state index in [0.717, 1.165) is 78.7 Å². The average molecular weight is 709 g/mol. The van der Waals surface area contributed by atoms with E-state index >= 15 is 0 Å². The van der Waals surface area contributed by atoms with Crippen molar-refractivity contribution in [2.24, 2.45) is 0 Å². The number of aromatic amines is 2. The Bertz CT molecular complexity index is 2000. The summed E-state index contributed by atoms with van der Waals surface area (Å²) in [6.45, 7) is 7.72. The standard InChI is InChI=1S/2C17H19N3O3S.H2O/c2*1-10-8-18-15(11(2)16(10)23-4)9-24(21)17-19-13-6-5-12(22-3)7-14(13)20-17;/h2*5-8H,9H2,1-4H3,(H,19,20);1H2/t2*24-;/m00./s1. The molecule has 0 saturated carbocycles. The molecule has 0 unspecified atom stereocenters. The molecular weight excluding hydrogens is 669 g/mol. The molecule has 0 aliphatic heterocycles. The summed E-state index contributed by atoms with van der Waals surface area (Å²) < 4.78 is 46.5. The fourth-order valence-electron chi connectivity index (χ4n) is 5.22. The predicted molar refractivity (Wildman–Crippen MR) is 190 cm³/mol. The number of aryl methyl sites for hydroxylation is 2. The van der Waals surface area contributed by atoms with Gasteiger partial charge in [0, 0.05) is 46.8 Å². The normalized spacial score (nSPS) is 12.1. The van der Waals surface area contributed by atoms with Gasteiger partial charge in [0.05, 0.1) is 95.0 Å². The fourth-order valence-corrected chi connectivity index (χ4v) is 7.42. The minimum Gasteiger partial charge on any atom is -0.497 e. The van der Waals surface area contributed by atoms with Gasteiger partial charge in [-0.1, -0.05) is 0 Å². The van der Waals surface area contributed by atoms with Crippen molar-refractivity contribution in [3.63, 3.8) is 0 Å². The van der Waals surface area contributed by atoms with Crippen LogP contribution in [0.3, 0.4) is 0 Å². The number of hydrogen-bond acceptors (Lipinski definition) is 10. The van der Waals surface area contributed by atoms with Crippen LogP contribution < -0.4 is 18.9 Å². The van der Waals surface area contributed by atoms with Gasteiger partial charge in [-0.15, -0.1) is 0 Å². The van der Waals surface area contributed by atoms with Crippen molar-refractivity contribution < 1.29 is 32.8 Å². The number of nitrogens with zero attached hydrogens (tertiary/aromatic N) is 4. The first kappa shape index (κ1) is 37.0. The van der Waals surface area contributed by atoms with Crippen LogP contribution in [0, 0.1) is 27.7 Å². The lowest BCUT2D eigenvalue weighted by Gasteiger charge is -2.11. The van der Waals surface area contributed by atoms with Crippen molar-refractivity contribution in [3.8, 4) is 23.0 Å². The summed E-state index contributed by atoms with van der Waals surface area (Å²) in [7, 11) is 3.81. The molecule has 0 bridgehead atoms. The van der Waals surface area contributed by atoms with E-state index in [0.29, 0.717) is 10.3 Å². The monoisotopic (exact) mass is 708 g/mol. The number of benzene rings is 2.